The largest absolute Gasteiger partial charge is 0.497 e. The van der Waals surface area contributed by atoms with Crippen molar-refractivity contribution in [3.63, 3.8) is 0 Å². The molecule has 1 amide bonds. The average molecular weight is 335 g/mol. The molecule has 2 atom stereocenters. The lowest BCUT2D eigenvalue weighted by Crippen LogP contribution is -2.42. The Morgan fingerprint density at radius 2 is 1.74 bits per heavy atom. The van der Waals surface area contributed by atoms with Gasteiger partial charge in [-0.25, -0.2) is 0 Å². The number of nitrogens with two attached hydrogens (primary N) is 1. The maximum absolute atomic E-state index is 12.2. The van der Waals surface area contributed by atoms with E-state index < -0.39 is 6.04 Å². The molecule has 0 saturated heterocycles. The zero-order valence-corrected chi connectivity index (χ0v) is 14.2. The Labute approximate surface area is 143 Å². The summed E-state index contributed by atoms with van der Waals surface area (Å²) in [5, 5.41) is 2.95. The number of carbonyl (C=O) groups excluding carboxylic acids is 1. The van der Waals surface area contributed by atoms with Gasteiger partial charge in [0.1, 0.15) is 5.75 Å². The molecule has 0 aliphatic rings. The monoisotopic (exact) mass is 334 g/mol. The Bertz CT molecular complexity index is 602. The highest BCUT2D eigenvalue weighted by molar-refractivity contribution is 5.85. The molecule has 4 nitrogen and oxygen atoms in total. The third kappa shape index (κ3) is 5.58. The van der Waals surface area contributed by atoms with Crippen LogP contribution < -0.4 is 15.8 Å². The molecule has 0 spiro atoms. The van der Waals surface area contributed by atoms with Crippen LogP contribution >= 0.6 is 12.4 Å². The molecule has 0 radical (unpaired) electrons. The highest BCUT2D eigenvalue weighted by Gasteiger charge is 2.17. The van der Waals surface area contributed by atoms with Crippen LogP contribution in [0.25, 0.3) is 0 Å². The predicted octanol–water partition coefficient (Wildman–Crippen LogP) is 2.86. The molecule has 3 N–H and O–H groups in total. The van der Waals surface area contributed by atoms with E-state index in [4.69, 9.17) is 10.5 Å². The first kappa shape index (κ1) is 19.0. The minimum Gasteiger partial charge on any atom is -0.497 e. The highest BCUT2D eigenvalue weighted by Crippen LogP contribution is 2.17. The van der Waals surface area contributed by atoms with Crippen LogP contribution in [0.5, 0.6) is 5.75 Å². The van der Waals surface area contributed by atoms with Crippen LogP contribution in [0.3, 0.4) is 0 Å². The molecule has 124 valence electrons. The second-order valence-corrected chi connectivity index (χ2v) is 5.30. The van der Waals surface area contributed by atoms with Crippen molar-refractivity contribution in [1.82, 2.24) is 5.32 Å². The van der Waals surface area contributed by atoms with Crippen LogP contribution in [0.15, 0.2) is 54.6 Å². The first-order chi connectivity index (χ1) is 10.6. The van der Waals surface area contributed by atoms with E-state index >= 15 is 0 Å². The maximum Gasteiger partial charge on any atom is 0.237 e. The van der Waals surface area contributed by atoms with E-state index in [9.17, 15) is 4.79 Å². The van der Waals surface area contributed by atoms with Gasteiger partial charge in [0.05, 0.1) is 19.2 Å². The third-order valence-electron chi connectivity index (χ3n) is 3.61. The number of methoxy groups -OCH3 is 1. The molecule has 5 heteroatoms. The van der Waals surface area contributed by atoms with Gasteiger partial charge >= 0.3 is 0 Å². The fourth-order valence-corrected chi connectivity index (χ4v) is 2.26. The lowest BCUT2D eigenvalue weighted by molar-refractivity contribution is -0.123. The SMILES string of the molecule is COc1ccc(C(C)NC(=O)[C@@H](N)Cc2ccccc2)cc1.Cl. The topological polar surface area (TPSA) is 64.3 Å². The van der Waals surface area contributed by atoms with Gasteiger partial charge in [0.2, 0.25) is 5.91 Å². The Kier molecular flexibility index (Phi) is 7.59. The summed E-state index contributed by atoms with van der Waals surface area (Å²) in [6.07, 6.45) is 0.530. The predicted molar refractivity (Wildman–Crippen MR) is 94.9 cm³/mol. The van der Waals surface area contributed by atoms with Gasteiger partial charge in [-0.1, -0.05) is 42.5 Å². The Morgan fingerprint density at radius 3 is 2.30 bits per heavy atom. The van der Waals surface area contributed by atoms with E-state index in [-0.39, 0.29) is 24.4 Å². The Balaban J connectivity index is 0.00000264. The van der Waals surface area contributed by atoms with Crippen molar-refractivity contribution in [3.05, 3.63) is 65.7 Å². The number of nitrogens with one attached hydrogen (secondary N) is 1. The van der Waals surface area contributed by atoms with Crippen molar-refractivity contribution in [3.8, 4) is 5.75 Å². The molecule has 0 aliphatic heterocycles. The smallest absolute Gasteiger partial charge is 0.237 e. The zero-order valence-electron chi connectivity index (χ0n) is 13.4. The quantitative estimate of drug-likeness (QED) is 0.853. The van der Waals surface area contributed by atoms with Crippen molar-refractivity contribution in [1.29, 1.82) is 0 Å². The van der Waals surface area contributed by atoms with Gasteiger partial charge in [0.15, 0.2) is 0 Å². The fraction of sp³-hybridized carbons (Fsp3) is 0.278. The molecule has 0 bridgehead atoms. The molecule has 0 aromatic heterocycles. The maximum atomic E-state index is 12.2. The number of hydrogen-bond acceptors (Lipinski definition) is 3. The zero-order chi connectivity index (χ0) is 15.9. The number of rotatable bonds is 6. The molecular weight excluding hydrogens is 312 g/mol. The molecule has 0 fully saturated rings. The average Bonchev–Trinajstić information content (AvgIpc) is 2.55. The summed E-state index contributed by atoms with van der Waals surface area (Å²) in [7, 11) is 1.63. The van der Waals surface area contributed by atoms with Crippen LogP contribution in [-0.2, 0) is 11.2 Å². The van der Waals surface area contributed by atoms with E-state index in [2.05, 4.69) is 5.32 Å². The lowest BCUT2D eigenvalue weighted by Gasteiger charge is -2.18. The molecule has 0 saturated carbocycles. The molecule has 23 heavy (non-hydrogen) atoms. The summed E-state index contributed by atoms with van der Waals surface area (Å²) in [5.74, 6) is 0.648. The van der Waals surface area contributed by atoms with E-state index in [1.54, 1.807) is 7.11 Å². The first-order valence-corrected chi connectivity index (χ1v) is 7.34. The Hall–Kier alpha value is -2.04. The molecule has 1 unspecified atom stereocenters. The van der Waals surface area contributed by atoms with E-state index in [0.29, 0.717) is 6.42 Å². The van der Waals surface area contributed by atoms with Crippen LogP contribution in [-0.4, -0.2) is 19.1 Å². The molecule has 2 aromatic carbocycles. The van der Waals surface area contributed by atoms with Crippen LogP contribution in [0.4, 0.5) is 0 Å². The van der Waals surface area contributed by atoms with E-state index in [1.165, 1.54) is 0 Å². The van der Waals surface area contributed by atoms with Gasteiger partial charge in [0.25, 0.3) is 0 Å². The van der Waals surface area contributed by atoms with Crippen LogP contribution in [0.1, 0.15) is 24.1 Å². The van der Waals surface area contributed by atoms with Crippen molar-refractivity contribution >= 4 is 18.3 Å². The lowest BCUT2D eigenvalue weighted by atomic mass is 10.0. The normalized spacial score (nSPS) is 12.7. The Morgan fingerprint density at radius 1 is 1.13 bits per heavy atom. The van der Waals surface area contributed by atoms with Crippen molar-refractivity contribution in [2.24, 2.45) is 5.73 Å². The summed E-state index contributed by atoms with van der Waals surface area (Å²) >= 11 is 0. The van der Waals surface area contributed by atoms with Gasteiger partial charge < -0.3 is 15.8 Å². The van der Waals surface area contributed by atoms with Gasteiger partial charge in [0, 0.05) is 0 Å². The summed E-state index contributed by atoms with van der Waals surface area (Å²) in [6, 6.07) is 16.8. The van der Waals surface area contributed by atoms with Gasteiger partial charge in [-0.3, -0.25) is 4.79 Å². The molecule has 2 aromatic rings. The molecule has 0 aliphatic carbocycles. The number of ether oxygens (including phenoxy) is 1. The standard InChI is InChI=1S/C18H22N2O2.ClH/c1-13(15-8-10-16(22-2)11-9-15)20-18(21)17(19)12-14-6-4-3-5-7-14;/h3-11,13,17H,12,19H2,1-2H3,(H,20,21);1H/t13?,17-;/m0./s1. The minimum atomic E-state index is -0.553. The number of benzene rings is 2. The van der Waals surface area contributed by atoms with Gasteiger partial charge in [-0.05, 0) is 36.6 Å². The first-order valence-electron chi connectivity index (χ1n) is 7.34. The number of carbonyl (C=O) groups is 1. The summed E-state index contributed by atoms with van der Waals surface area (Å²) in [6.45, 7) is 1.94. The number of amides is 1. The minimum absolute atomic E-state index is 0. The van der Waals surface area contributed by atoms with E-state index in [0.717, 1.165) is 16.9 Å². The number of hydrogen-bond donors (Lipinski definition) is 2. The third-order valence-corrected chi connectivity index (χ3v) is 3.61. The van der Waals surface area contributed by atoms with Crippen LogP contribution in [0, 0.1) is 0 Å². The van der Waals surface area contributed by atoms with Crippen molar-refractivity contribution in [2.75, 3.05) is 7.11 Å². The summed E-state index contributed by atoms with van der Waals surface area (Å²) in [4.78, 5) is 12.2. The van der Waals surface area contributed by atoms with E-state index in [1.807, 2.05) is 61.5 Å². The fourth-order valence-electron chi connectivity index (χ4n) is 2.26. The van der Waals surface area contributed by atoms with Crippen molar-refractivity contribution < 1.29 is 9.53 Å². The van der Waals surface area contributed by atoms with Gasteiger partial charge in [-0.2, -0.15) is 0 Å². The van der Waals surface area contributed by atoms with Crippen molar-refractivity contribution in [2.45, 2.75) is 25.4 Å². The van der Waals surface area contributed by atoms with Crippen LogP contribution in [0.2, 0.25) is 0 Å². The molecular formula is C18H23ClN2O2. The highest BCUT2D eigenvalue weighted by atomic mass is 35.5. The second-order valence-electron chi connectivity index (χ2n) is 5.30. The van der Waals surface area contributed by atoms with Gasteiger partial charge in [-0.15, -0.1) is 12.4 Å². The molecule has 0 heterocycles. The molecule has 2 rings (SSSR count). The summed E-state index contributed by atoms with van der Waals surface area (Å²) in [5.41, 5.74) is 8.06. The summed E-state index contributed by atoms with van der Waals surface area (Å²) < 4.78 is 5.13. The second kappa shape index (κ2) is 9.18. The number of halogens is 1.